The van der Waals surface area contributed by atoms with Crippen molar-refractivity contribution >= 4 is 11.4 Å². The predicted molar refractivity (Wildman–Crippen MR) is 69.4 cm³/mol. The molecule has 0 atom stereocenters. The summed E-state index contributed by atoms with van der Waals surface area (Å²) in [6, 6.07) is 5.59. The van der Waals surface area contributed by atoms with Gasteiger partial charge in [-0.2, -0.15) is 0 Å². The normalized spacial score (nSPS) is 14.6. The number of hydrogen-bond donors (Lipinski definition) is 2. The predicted octanol–water partition coefficient (Wildman–Crippen LogP) is 2.12. The van der Waals surface area contributed by atoms with Crippen molar-refractivity contribution < 1.29 is 9.47 Å². The third kappa shape index (κ3) is 3.82. The van der Waals surface area contributed by atoms with Crippen LogP contribution in [0.2, 0.25) is 0 Å². The summed E-state index contributed by atoms with van der Waals surface area (Å²) in [5.41, 5.74) is 7.49. The largest absolute Gasteiger partial charge is 0.497 e. The summed E-state index contributed by atoms with van der Waals surface area (Å²) in [6.45, 7) is 2.38. The molecule has 0 aliphatic heterocycles. The van der Waals surface area contributed by atoms with E-state index in [-0.39, 0.29) is 0 Å². The molecule has 4 heteroatoms. The second-order valence-electron chi connectivity index (χ2n) is 4.40. The molecular weight excluding hydrogens is 216 g/mol. The average Bonchev–Trinajstić information content (AvgIpc) is 3.15. The van der Waals surface area contributed by atoms with Gasteiger partial charge in [-0.25, -0.2) is 0 Å². The van der Waals surface area contributed by atoms with E-state index in [1.54, 1.807) is 7.11 Å². The van der Waals surface area contributed by atoms with Gasteiger partial charge in [0, 0.05) is 19.2 Å². The molecule has 1 fully saturated rings. The van der Waals surface area contributed by atoms with Crippen molar-refractivity contribution in [2.24, 2.45) is 5.92 Å². The van der Waals surface area contributed by atoms with Gasteiger partial charge in [0.2, 0.25) is 0 Å². The van der Waals surface area contributed by atoms with Gasteiger partial charge in [0.1, 0.15) is 5.75 Å². The molecule has 1 saturated carbocycles. The molecule has 0 bridgehead atoms. The zero-order valence-electron chi connectivity index (χ0n) is 10.2. The van der Waals surface area contributed by atoms with Crippen LogP contribution in [0.25, 0.3) is 0 Å². The average molecular weight is 236 g/mol. The highest BCUT2D eigenvalue weighted by atomic mass is 16.5. The first-order valence-corrected chi connectivity index (χ1v) is 6.04. The van der Waals surface area contributed by atoms with Gasteiger partial charge in [0.15, 0.2) is 0 Å². The number of nitrogens with two attached hydrogens (primary N) is 1. The second-order valence-corrected chi connectivity index (χ2v) is 4.40. The van der Waals surface area contributed by atoms with Crippen molar-refractivity contribution in [3.05, 3.63) is 18.2 Å². The molecule has 4 nitrogen and oxygen atoms in total. The van der Waals surface area contributed by atoms with Crippen molar-refractivity contribution in [1.29, 1.82) is 0 Å². The number of ether oxygens (including phenoxy) is 2. The Kier molecular flexibility index (Phi) is 4.09. The molecule has 3 N–H and O–H groups in total. The maximum absolute atomic E-state index is 5.86. The Balaban J connectivity index is 1.72. The Morgan fingerprint density at radius 2 is 2.24 bits per heavy atom. The van der Waals surface area contributed by atoms with E-state index in [4.69, 9.17) is 15.2 Å². The standard InChI is InChI=1S/C13H20N2O2/c1-16-11-4-5-12(14)13(8-11)15-6-7-17-9-10-2-3-10/h4-5,8,10,15H,2-3,6-7,9,14H2,1H3. The molecular formula is C13H20N2O2. The zero-order chi connectivity index (χ0) is 12.1. The number of nitrogen functional groups attached to an aromatic ring is 1. The van der Waals surface area contributed by atoms with Gasteiger partial charge in [-0.15, -0.1) is 0 Å². The lowest BCUT2D eigenvalue weighted by molar-refractivity contribution is 0.134. The van der Waals surface area contributed by atoms with Crippen LogP contribution in [0.5, 0.6) is 5.75 Å². The SMILES string of the molecule is COc1ccc(N)c(NCCOCC2CC2)c1. The third-order valence-corrected chi connectivity index (χ3v) is 2.87. The number of rotatable bonds is 7. The monoisotopic (exact) mass is 236 g/mol. The van der Waals surface area contributed by atoms with E-state index in [1.807, 2.05) is 18.2 Å². The molecule has 0 amide bonds. The Hall–Kier alpha value is -1.42. The van der Waals surface area contributed by atoms with Gasteiger partial charge in [-0.3, -0.25) is 0 Å². The molecule has 0 aromatic heterocycles. The molecule has 1 aromatic carbocycles. The van der Waals surface area contributed by atoms with Crippen molar-refractivity contribution in [2.75, 3.05) is 37.9 Å². The van der Waals surface area contributed by atoms with Gasteiger partial charge in [0.05, 0.1) is 25.1 Å². The van der Waals surface area contributed by atoms with Crippen LogP contribution < -0.4 is 15.8 Å². The second kappa shape index (κ2) is 5.77. The Labute approximate surface area is 102 Å². The van der Waals surface area contributed by atoms with E-state index in [2.05, 4.69) is 5.32 Å². The van der Waals surface area contributed by atoms with E-state index in [0.29, 0.717) is 6.61 Å². The number of methoxy groups -OCH3 is 1. The topological polar surface area (TPSA) is 56.5 Å². The molecule has 0 saturated heterocycles. The number of benzene rings is 1. The van der Waals surface area contributed by atoms with Crippen LogP contribution in [-0.4, -0.2) is 26.9 Å². The van der Waals surface area contributed by atoms with E-state index in [1.165, 1.54) is 12.8 Å². The highest BCUT2D eigenvalue weighted by molar-refractivity contribution is 5.68. The summed E-state index contributed by atoms with van der Waals surface area (Å²) in [5.74, 6) is 1.62. The molecule has 1 aromatic rings. The third-order valence-electron chi connectivity index (χ3n) is 2.87. The minimum absolute atomic E-state index is 0.715. The Bertz CT molecular complexity index is 364. The van der Waals surface area contributed by atoms with Crippen LogP contribution in [0.15, 0.2) is 18.2 Å². The van der Waals surface area contributed by atoms with Crippen LogP contribution in [0, 0.1) is 5.92 Å². The summed E-state index contributed by atoms with van der Waals surface area (Å²) in [6.07, 6.45) is 2.66. The molecule has 94 valence electrons. The van der Waals surface area contributed by atoms with Gasteiger partial charge in [0.25, 0.3) is 0 Å². The highest BCUT2D eigenvalue weighted by Crippen LogP contribution is 2.28. The Morgan fingerprint density at radius 3 is 2.94 bits per heavy atom. The van der Waals surface area contributed by atoms with Gasteiger partial charge < -0.3 is 20.5 Å². The van der Waals surface area contributed by atoms with Crippen molar-refractivity contribution in [1.82, 2.24) is 0 Å². The van der Waals surface area contributed by atoms with E-state index < -0.39 is 0 Å². The lowest BCUT2D eigenvalue weighted by Gasteiger charge is -2.11. The smallest absolute Gasteiger partial charge is 0.121 e. The van der Waals surface area contributed by atoms with E-state index >= 15 is 0 Å². The fourth-order valence-electron chi connectivity index (χ4n) is 1.61. The van der Waals surface area contributed by atoms with Crippen LogP contribution in [0.3, 0.4) is 0 Å². The highest BCUT2D eigenvalue weighted by Gasteiger charge is 2.20. The summed E-state index contributed by atoms with van der Waals surface area (Å²) >= 11 is 0. The van der Waals surface area contributed by atoms with Gasteiger partial charge >= 0.3 is 0 Å². The summed E-state index contributed by atoms with van der Waals surface area (Å²) in [7, 11) is 1.65. The number of nitrogens with one attached hydrogen (secondary N) is 1. The fourth-order valence-corrected chi connectivity index (χ4v) is 1.61. The summed E-state index contributed by atoms with van der Waals surface area (Å²) in [4.78, 5) is 0. The zero-order valence-corrected chi connectivity index (χ0v) is 10.2. The quantitative estimate of drug-likeness (QED) is 0.562. The number of hydrogen-bond acceptors (Lipinski definition) is 4. The van der Waals surface area contributed by atoms with Crippen LogP contribution in [0.1, 0.15) is 12.8 Å². The first kappa shape index (κ1) is 12.0. The summed E-state index contributed by atoms with van der Waals surface area (Å²) < 4.78 is 10.7. The molecule has 0 unspecified atom stereocenters. The van der Waals surface area contributed by atoms with Gasteiger partial charge in [-0.1, -0.05) is 0 Å². The lowest BCUT2D eigenvalue weighted by Crippen LogP contribution is -2.11. The summed E-state index contributed by atoms with van der Waals surface area (Å²) in [5, 5.41) is 3.25. The first-order chi connectivity index (χ1) is 8.29. The maximum Gasteiger partial charge on any atom is 0.121 e. The number of anilines is 2. The van der Waals surface area contributed by atoms with Crippen LogP contribution in [0.4, 0.5) is 11.4 Å². The van der Waals surface area contributed by atoms with Gasteiger partial charge in [-0.05, 0) is 30.9 Å². The molecule has 2 rings (SSSR count). The Morgan fingerprint density at radius 1 is 1.41 bits per heavy atom. The molecule has 1 aliphatic rings. The molecule has 0 spiro atoms. The van der Waals surface area contributed by atoms with Crippen LogP contribution in [-0.2, 0) is 4.74 Å². The fraction of sp³-hybridized carbons (Fsp3) is 0.538. The maximum atomic E-state index is 5.86. The van der Waals surface area contributed by atoms with E-state index in [9.17, 15) is 0 Å². The lowest BCUT2D eigenvalue weighted by atomic mass is 10.2. The molecule has 0 radical (unpaired) electrons. The van der Waals surface area contributed by atoms with E-state index in [0.717, 1.165) is 36.2 Å². The molecule has 17 heavy (non-hydrogen) atoms. The van der Waals surface area contributed by atoms with Crippen molar-refractivity contribution in [2.45, 2.75) is 12.8 Å². The van der Waals surface area contributed by atoms with Crippen molar-refractivity contribution in [3.63, 3.8) is 0 Å². The first-order valence-electron chi connectivity index (χ1n) is 6.04. The van der Waals surface area contributed by atoms with Crippen molar-refractivity contribution in [3.8, 4) is 5.75 Å². The minimum Gasteiger partial charge on any atom is -0.497 e. The van der Waals surface area contributed by atoms with Crippen LogP contribution >= 0.6 is 0 Å². The minimum atomic E-state index is 0.715. The molecule has 0 heterocycles. The molecule has 1 aliphatic carbocycles.